The molecule has 0 unspecified atom stereocenters. The first kappa shape index (κ1) is 22.3. The first-order chi connectivity index (χ1) is 16.9. The molecule has 174 valence electrons. The van der Waals surface area contributed by atoms with Gasteiger partial charge in [0.2, 0.25) is 0 Å². The minimum absolute atomic E-state index is 0.291. The number of Topliss-reactive ketones (excluding diaryl/α,β-unsaturated/α-hetero) is 1. The topological polar surface area (TPSA) is 71.4 Å². The van der Waals surface area contributed by atoms with Gasteiger partial charge in [0, 0.05) is 22.6 Å². The van der Waals surface area contributed by atoms with Crippen LogP contribution < -0.4 is 5.32 Å². The third-order valence-corrected chi connectivity index (χ3v) is 6.57. The molecule has 3 aromatic carbocycles. The minimum Gasteiger partial charge on any atom is -0.318 e. The second-order valence-corrected chi connectivity index (χ2v) is 8.68. The van der Waals surface area contributed by atoms with E-state index in [1.54, 1.807) is 0 Å². The SMILES string of the molecule is Cc1cc(C(=O)CN2C(=O)NC(c3ccccc3)(c3ccccc3)C2=O)c(C)n1-c1ccccc1. The fraction of sp³-hybridized carbons (Fsp3) is 0.138. The summed E-state index contributed by atoms with van der Waals surface area (Å²) in [6.07, 6.45) is 0. The second kappa shape index (κ2) is 8.72. The third-order valence-electron chi connectivity index (χ3n) is 6.57. The van der Waals surface area contributed by atoms with Gasteiger partial charge in [-0.2, -0.15) is 0 Å². The highest BCUT2D eigenvalue weighted by Gasteiger charge is 2.54. The summed E-state index contributed by atoms with van der Waals surface area (Å²) in [5.41, 5.74) is 3.00. The number of hydrogen-bond acceptors (Lipinski definition) is 3. The van der Waals surface area contributed by atoms with Crippen molar-refractivity contribution in [2.24, 2.45) is 0 Å². The lowest BCUT2D eigenvalue weighted by atomic mass is 9.82. The molecule has 4 aromatic rings. The summed E-state index contributed by atoms with van der Waals surface area (Å²) in [5, 5.41) is 2.89. The molecule has 1 aliphatic rings. The number of urea groups is 1. The van der Waals surface area contributed by atoms with Crippen molar-refractivity contribution in [1.82, 2.24) is 14.8 Å². The lowest BCUT2D eigenvalue weighted by molar-refractivity contribution is -0.129. The Hall–Kier alpha value is -4.45. The van der Waals surface area contributed by atoms with Gasteiger partial charge in [0.05, 0.1) is 6.54 Å². The number of ketones is 1. The molecule has 0 saturated carbocycles. The van der Waals surface area contributed by atoms with Gasteiger partial charge in [0.25, 0.3) is 5.91 Å². The maximum absolute atomic E-state index is 13.9. The molecule has 1 N–H and O–H groups in total. The van der Waals surface area contributed by atoms with Crippen LogP contribution in [0.3, 0.4) is 0 Å². The van der Waals surface area contributed by atoms with E-state index in [9.17, 15) is 14.4 Å². The number of amides is 3. The van der Waals surface area contributed by atoms with Gasteiger partial charge in [0.15, 0.2) is 11.3 Å². The van der Waals surface area contributed by atoms with Crippen LogP contribution in [0, 0.1) is 13.8 Å². The Morgan fingerprint density at radius 2 is 1.31 bits per heavy atom. The van der Waals surface area contributed by atoms with Crippen molar-refractivity contribution in [2.45, 2.75) is 19.4 Å². The predicted octanol–water partition coefficient (Wildman–Crippen LogP) is 4.77. The van der Waals surface area contributed by atoms with Crippen molar-refractivity contribution < 1.29 is 14.4 Å². The van der Waals surface area contributed by atoms with Gasteiger partial charge in [-0.15, -0.1) is 0 Å². The van der Waals surface area contributed by atoms with E-state index >= 15 is 0 Å². The molecule has 1 saturated heterocycles. The number of para-hydroxylation sites is 1. The van der Waals surface area contributed by atoms with Crippen molar-refractivity contribution in [2.75, 3.05) is 6.54 Å². The summed E-state index contributed by atoms with van der Waals surface area (Å²) < 4.78 is 2.00. The molecule has 1 fully saturated rings. The Balaban J connectivity index is 1.50. The van der Waals surface area contributed by atoms with Crippen LogP contribution in [0.5, 0.6) is 0 Å². The van der Waals surface area contributed by atoms with E-state index < -0.39 is 17.5 Å². The van der Waals surface area contributed by atoms with Crippen LogP contribution in [0.25, 0.3) is 5.69 Å². The molecule has 0 bridgehead atoms. The number of aromatic nitrogens is 1. The lowest BCUT2D eigenvalue weighted by Crippen LogP contribution is -2.45. The lowest BCUT2D eigenvalue weighted by Gasteiger charge is -2.28. The number of hydrogen-bond donors (Lipinski definition) is 1. The molecule has 6 nitrogen and oxygen atoms in total. The molecular weight excluding hydrogens is 438 g/mol. The van der Waals surface area contributed by atoms with E-state index in [1.807, 2.05) is 115 Å². The first-order valence-electron chi connectivity index (χ1n) is 11.5. The van der Waals surface area contributed by atoms with Gasteiger partial charge < -0.3 is 9.88 Å². The normalized spacial score (nSPS) is 14.7. The van der Waals surface area contributed by atoms with Gasteiger partial charge in [0.1, 0.15) is 0 Å². The molecular formula is C29H25N3O3. The number of nitrogens with one attached hydrogen (secondary N) is 1. The largest absolute Gasteiger partial charge is 0.325 e. The molecule has 0 spiro atoms. The number of imide groups is 1. The van der Waals surface area contributed by atoms with E-state index in [1.165, 1.54) is 0 Å². The van der Waals surface area contributed by atoms with Gasteiger partial charge in [-0.05, 0) is 43.2 Å². The van der Waals surface area contributed by atoms with E-state index in [-0.39, 0.29) is 12.3 Å². The Morgan fingerprint density at radius 3 is 1.86 bits per heavy atom. The summed E-state index contributed by atoms with van der Waals surface area (Å²) in [5.74, 6) is -0.758. The standard InChI is InChI=1S/C29H25N3O3/c1-20-18-25(21(2)32(20)24-16-10-5-11-17-24)26(33)19-31-27(34)29(30-28(31)35,22-12-6-3-7-13-22)23-14-8-4-9-15-23/h3-18H,19H2,1-2H3,(H,30,35). The summed E-state index contributed by atoms with van der Waals surface area (Å²) in [4.78, 5) is 41.4. The maximum atomic E-state index is 13.9. The summed E-state index contributed by atoms with van der Waals surface area (Å²) in [7, 11) is 0. The quantitative estimate of drug-likeness (QED) is 0.331. The fourth-order valence-corrected chi connectivity index (χ4v) is 4.90. The highest BCUT2D eigenvalue weighted by atomic mass is 16.2. The molecule has 1 aromatic heterocycles. The third kappa shape index (κ3) is 3.64. The maximum Gasteiger partial charge on any atom is 0.325 e. The smallest absolute Gasteiger partial charge is 0.318 e. The van der Waals surface area contributed by atoms with Crippen LogP contribution in [-0.4, -0.2) is 33.7 Å². The molecule has 6 heteroatoms. The number of benzene rings is 3. The summed E-state index contributed by atoms with van der Waals surface area (Å²) in [6, 6.07) is 29.2. The Bertz CT molecular complexity index is 1370. The van der Waals surface area contributed by atoms with Crippen LogP contribution in [0.4, 0.5) is 4.79 Å². The molecule has 0 aliphatic carbocycles. The highest BCUT2D eigenvalue weighted by Crippen LogP contribution is 2.36. The average Bonchev–Trinajstić information content (AvgIpc) is 3.33. The summed E-state index contributed by atoms with van der Waals surface area (Å²) >= 11 is 0. The Morgan fingerprint density at radius 1 is 0.800 bits per heavy atom. The Kier molecular flexibility index (Phi) is 5.57. The van der Waals surface area contributed by atoms with Gasteiger partial charge >= 0.3 is 6.03 Å². The van der Waals surface area contributed by atoms with E-state index in [0.29, 0.717) is 16.7 Å². The number of carbonyl (C=O) groups excluding carboxylic acids is 3. The van der Waals surface area contributed by atoms with Crippen LogP contribution in [0.1, 0.15) is 32.9 Å². The number of nitrogens with zero attached hydrogens (tertiary/aromatic N) is 2. The molecule has 35 heavy (non-hydrogen) atoms. The van der Waals surface area contributed by atoms with Gasteiger partial charge in [-0.1, -0.05) is 78.9 Å². The van der Waals surface area contributed by atoms with E-state index in [2.05, 4.69) is 5.32 Å². The molecule has 2 heterocycles. The number of rotatable bonds is 6. The second-order valence-electron chi connectivity index (χ2n) is 8.68. The fourth-order valence-electron chi connectivity index (χ4n) is 4.90. The predicted molar refractivity (Wildman–Crippen MR) is 133 cm³/mol. The summed E-state index contributed by atoms with van der Waals surface area (Å²) in [6.45, 7) is 3.46. The van der Waals surface area contributed by atoms with Gasteiger partial charge in [-0.25, -0.2) is 4.79 Å². The van der Waals surface area contributed by atoms with Crippen molar-refractivity contribution in [3.8, 4) is 5.69 Å². The van der Waals surface area contributed by atoms with Crippen molar-refractivity contribution >= 4 is 17.7 Å². The number of carbonyl (C=O) groups is 3. The van der Waals surface area contributed by atoms with Crippen molar-refractivity contribution in [3.05, 3.63) is 125 Å². The van der Waals surface area contributed by atoms with Crippen LogP contribution >= 0.6 is 0 Å². The zero-order valence-corrected chi connectivity index (χ0v) is 19.6. The van der Waals surface area contributed by atoms with E-state index in [4.69, 9.17) is 0 Å². The monoisotopic (exact) mass is 463 g/mol. The highest BCUT2D eigenvalue weighted by molar-refractivity contribution is 6.13. The Labute approximate surface area is 203 Å². The van der Waals surface area contributed by atoms with Gasteiger partial charge in [-0.3, -0.25) is 14.5 Å². The van der Waals surface area contributed by atoms with Crippen molar-refractivity contribution in [3.63, 3.8) is 0 Å². The molecule has 0 radical (unpaired) electrons. The van der Waals surface area contributed by atoms with Crippen molar-refractivity contribution in [1.29, 1.82) is 0 Å². The average molecular weight is 464 g/mol. The minimum atomic E-state index is -1.39. The van der Waals surface area contributed by atoms with Crippen LogP contribution in [-0.2, 0) is 10.3 Å². The first-order valence-corrected chi connectivity index (χ1v) is 11.5. The number of aryl methyl sites for hydroxylation is 1. The zero-order chi connectivity index (χ0) is 24.6. The molecule has 5 rings (SSSR count). The molecule has 0 atom stereocenters. The molecule has 1 aliphatic heterocycles. The van der Waals surface area contributed by atoms with Crippen LogP contribution in [0.2, 0.25) is 0 Å². The van der Waals surface area contributed by atoms with Crippen LogP contribution in [0.15, 0.2) is 97.1 Å². The zero-order valence-electron chi connectivity index (χ0n) is 19.6. The molecule has 3 amide bonds. The van der Waals surface area contributed by atoms with E-state index in [0.717, 1.165) is 22.0 Å².